The Bertz CT molecular complexity index is 507. The molecule has 17 heavy (non-hydrogen) atoms. The quantitative estimate of drug-likeness (QED) is 0.811. The van der Waals surface area contributed by atoms with Gasteiger partial charge in [-0.15, -0.1) is 0 Å². The lowest BCUT2D eigenvalue weighted by molar-refractivity contribution is 0.491. The van der Waals surface area contributed by atoms with E-state index in [1.807, 2.05) is 26.8 Å². The molecule has 1 aromatic carbocycles. The molecule has 6 heteroatoms. The van der Waals surface area contributed by atoms with Gasteiger partial charge in [-0.1, -0.05) is 37.9 Å². The summed E-state index contributed by atoms with van der Waals surface area (Å²) in [4.78, 5) is 0.304. The highest BCUT2D eigenvalue weighted by atomic mass is 79.9. The Labute approximate surface area is 119 Å². The van der Waals surface area contributed by atoms with E-state index in [1.54, 1.807) is 12.1 Å². The summed E-state index contributed by atoms with van der Waals surface area (Å²) in [5.41, 5.74) is 0.231. The highest BCUT2D eigenvalue weighted by Crippen LogP contribution is 2.27. The van der Waals surface area contributed by atoms with Gasteiger partial charge in [-0.2, -0.15) is 0 Å². The lowest BCUT2D eigenvalue weighted by Gasteiger charge is -2.21. The number of sulfonamides is 1. The predicted molar refractivity (Wildman–Crippen MR) is 76.8 cm³/mol. The van der Waals surface area contributed by atoms with Crippen LogP contribution in [0.5, 0.6) is 0 Å². The summed E-state index contributed by atoms with van der Waals surface area (Å²) in [6.07, 6.45) is 0. The molecule has 0 fully saturated rings. The van der Waals surface area contributed by atoms with E-state index in [-0.39, 0.29) is 0 Å². The van der Waals surface area contributed by atoms with Gasteiger partial charge in [0.1, 0.15) is 0 Å². The number of nitrogens with one attached hydrogen (secondary N) is 1. The third-order valence-electron chi connectivity index (χ3n) is 1.94. The van der Waals surface area contributed by atoms with Crippen LogP contribution in [0.3, 0.4) is 0 Å². The molecule has 0 aromatic heterocycles. The zero-order valence-electron chi connectivity index (χ0n) is 9.92. The van der Waals surface area contributed by atoms with Crippen LogP contribution < -0.4 is 4.72 Å². The van der Waals surface area contributed by atoms with Gasteiger partial charge in [0, 0.05) is 15.3 Å². The maximum absolute atomic E-state index is 12.2. The molecule has 1 aromatic rings. The van der Waals surface area contributed by atoms with Crippen molar-refractivity contribution in [1.82, 2.24) is 4.72 Å². The third kappa shape index (κ3) is 4.05. The van der Waals surface area contributed by atoms with Gasteiger partial charge in [-0.3, -0.25) is 0 Å². The van der Waals surface area contributed by atoms with Gasteiger partial charge in [-0.05, 0) is 38.5 Å². The zero-order valence-corrected chi connectivity index (χ0v) is 13.9. The van der Waals surface area contributed by atoms with Gasteiger partial charge in [0.15, 0.2) is 0 Å². The first kappa shape index (κ1) is 15.1. The van der Waals surface area contributed by atoms with Crippen LogP contribution >= 0.6 is 31.9 Å². The largest absolute Gasteiger partial charge is 0.241 e. The molecular weight excluding hydrogens is 370 g/mol. The number of benzene rings is 1. The van der Waals surface area contributed by atoms with Crippen molar-refractivity contribution in [2.24, 2.45) is 0 Å². The standard InChI is InChI=1S/C11H15Br2NO2S/c1-11(2,3)14-17(15,16)10-6-4-5-9(13)8(10)7-12/h4-6,14H,7H2,1-3H3. The summed E-state index contributed by atoms with van der Waals surface area (Å²) < 4.78 is 27.9. The van der Waals surface area contributed by atoms with Crippen molar-refractivity contribution in [2.75, 3.05) is 0 Å². The smallest absolute Gasteiger partial charge is 0.207 e. The van der Waals surface area contributed by atoms with Crippen LogP contribution in [-0.2, 0) is 15.4 Å². The maximum Gasteiger partial charge on any atom is 0.241 e. The SMILES string of the molecule is CC(C)(C)NS(=O)(=O)c1cccc(Br)c1CBr. The molecule has 0 unspecified atom stereocenters. The van der Waals surface area contributed by atoms with E-state index < -0.39 is 15.6 Å². The molecule has 1 rings (SSSR count). The molecule has 1 N–H and O–H groups in total. The van der Waals surface area contributed by atoms with E-state index in [0.717, 1.165) is 10.0 Å². The van der Waals surface area contributed by atoms with Crippen molar-refractivity contribution in [3.05, 3.63) is 28.2 Å². The van der Waals surface area contributed by atoms with Gasteiger partial charge in [0.25, 0.3) is 0 Å². The minimum atomic E-state index is -3.49. The van der Waals surface area contributed by atoms with Crippen LogP contribution in [-0.4, -0.2) is 14.0 Å². The second-order valence-corrected chi connectivity index (χ2v) is 7.77. The molecular formula is C11H15Br2NO2S. The average molecular weight is 385 g/mol. The molecule has 0 radical (unpaired) electrons. The van der Waals surface area contributed by atoms with Crippen molar-refractivity contribution in [1.29, 1.82) is 0 Å². The number of hydrogen-bond acceptors (Lipinski definition) is 2. The topological polar surface area (TPSA) is 46.2 Å². The molecule has 0 aliphatic carbocycles. The molecule has 0 amide bonds. The minimum absolute atomic E-state index is 0.304. The van der Waals surface area contributed by atoms with Crippen LogP contribution in [0, 0.1) is 0 Å². The Hall–Kier alpha value is 0.0900. The van der Waals surface area contributed by atoms with E-state index in [0.29, 0.717) is 10.2 Å². The summed E-state index contributed by atoms with van der Waals surface area (Å²) >= 11 is 6.67. The Morgan fingerprint density at radius 3 is 2.35 bits per heavy atom. The first-order valence-electron chi connectivity index (χ1n) is 5.05. The Kier molecular flexibility index (Phi) is 4.80. The fourth-order valence-corrected chi connectivity index (χ4v) is 4.86. The first-order valence-corrected chi connectivity index (χ1v) is 8.44. The summed E-state index contributed by atoms with van der Waals surface area (Å²) in [7, 11) is -3.49. The van der Waals surface area contributed by atoms with Gasteiger partial charge < -0.3 is 0 Å². The lowest BCUT2D eigenvalue weighted by Crippen LogP contribution is -2.40. The molecule has 0 aliphatic rings. The third-order valence-corrected chi connectivity index (χ3v) is 5.09. The van der Waals surface area contributed by atoms with Crippen LogP contribution in [0.1, 0.15) is 26.3 Å². The van der Waals surface area contributed by atoms with Crippen molar-refractivity contribution in [3.63, 3.8) is 0 Å². The van der Waals surface area contributed by atoms with Gasteiger partial charge in [-0.25, -0.2) is 13.1 Å². The summed E-state index contributed by atoms with van der Waals surface area (Å²) in [6.45, 7) is 5.45. The van der Waals surface area contributed by atoms with Crippen molar-refractivity contribution in [2.45, 2.75) is 36.5 Å². The predicted octanol–water partition coefficient (Wildman–Crippen LogP) is 3.42. The summed E-state index contributed by atoms with van der Waals surface area (Å²) in [5.74, 6) is 0. The molecule has 0 atom stereocenters. The van der Waals surface area contributed by atoms with Crippen LogP contribution in [0.4, 0.5) is 0 Å². The van der Waals surface area contributed by atoms with E-state index in [2.05, 4.69) is 36.6 Å². The summed E-state index contributed by atoms with van der Waals surface area (Å²) in [6, 6.07) is 5.15. The highest BCUT2D eigenvalue weighted by molar-refractivity contribution is 9.10. The molecule has 0 saturated carbocycles. The fourth-order valence-electron chi connectivity index (χ4n) is 1.38. The number of rotatable bonds is 3. The Balaban J connectivity index is 3.29. The van der Waals surface area contributed by atoms with Crippen LogP contribution in [0.2, 0.25) is 0 Å². The first-order chi connectivity index (χ1) is 7.67. The maximum atomic E-state index is 12.2. The van der Waals surface area contributed by atoms with E-state index in [4.69, 9.17) is 0 Å². The van der Waals surface area contributed by atoms with Gasteiger partial charge >= 0.3 is 0 Å². The zero-order chi connectivity index (χ0) is 13.3. The molecule has 3 nitrogen and oxygen atoms in total. The minimum Gasteiger partial charge on any atom is -0.207 e. The van der Waals surface area contributed by atoms with Crippen molar-refractivity contribution in [3.8, 4) is 0 Å². The second-order valence-electron chi connectivity index (χ2n) is 4.71. The fraction of sp³-hybridized carbons (Fsp3) is 0.455. The molecule has 0 heterocycles. The number of hydrogen-bond donors (Lipinski definition) is 1. The lowest BCUT2D eigenvalue weighted by atomic mass is 10.1. The Morgan fingerprint density at radius 1 is 1.29 bits per heavy atom. The van der Waals surface area contributed by atoms with E-state index >= 15 is 0 Å². The average Bonchev–Trinajstić information content (AvgIpc) is 2.13. The van der Waals surface area contributed by atoms with E-state index in [9.17, 15) is 8.42 Å². The van der Waals surface area contributed by atoms with Crippen molar-refractivity contribution >= 4 is 41.9 Å². The normalized spacial score (nSPS) is 12.8. The summed E-state index contributed by atoms with van der Waals surface area (Å²) in [5, 5.41) is 0.481. The molecule has 96 valence electrons. The van der Waals surface area contributed by atoms with Gasteiger partial charge in [0.05, 0.1) is 4.90 Å². The van der Waals surface area contributed by atoms with E-state index in [1.165, 1.54) is 0 Å². The van der Waals surface area contributed by atoms with Gasteiger partial charge in [0.2, 0.25) is 10.0 Å². The van der Waals surface area contributed by atoms with Crippen LogP contribution in [0.25, 0.3) is 0 Å². The molecule has 0 spiro atoms. The second kappa shape index (κ2) is 5.38. The molecule has 0 aliphatic heterocycles. The molecule has 0 saturated heterocycles. The number of halogens is 2. The Morgan fingerprint density at radius 2 is 1.88 bits per heavy atom. The van der Waals surface area contributed by atoms with Crippen LogP contribution in [0.15, 0.2) is 27.6 Å². The number of alkyl halides is 1. The monoisotopic (exact) mass is 383 g/mol. The highest BCUT2D eigenvalue weighted by Gasteiger charge is 2.24. The van der Waals surface area contributed by atoms with Crippen molar-refractivity contribution < 1.29 is 8.42 Å². The molecule has 0 bridgehead atoms.